The molecule has 7 nitrogen and oxygen atoms in total. The Labute approximate surface area is 148 Å². The zero-order valence-corrected chi connectivity index (χ0v) is 15.8. The fourth-order valence-electron chi connectivity index (χ4n) is 3.38. The van der Waals surface area contributed by atoms with E-state index >= 15 is 0 Å². The van der Waals surface area contributed by atoms with Crippen molar-refractivity contribution in [3.05, 3.63) is 34.0 Å². The van der Waals surface area contributed by atoms with Crippen LogP contribution in [0.15, 0.2) is 0 Å². The van der Waals surface area contributed by atoms with Gasteiger partial charge in [0.05, 0.1) is 11.7 Å². The Bertz CT molecular complexity index is 823. The van der Waals surface area contributed by atoms with Gasteiger partial charge in [0.1, 0.15) is 17.3 Å². The summed E-state index contributed by atoms with van der Waals surface area (Å²) < 4.78 is 1.89. The third kappa shape index (κ3) is 3.10. The number of rotatable bonds is 4. The Morgan fingerprint density at radius 1 is 1.20 bits per heavy atom. The van der Waals surface area contributed by atoms with E-state index < -0.39 is 0 Å². The standard InChI is InChI=1S/C18H26N6O/c1-9(2)16-21-15-13(7-8-19-18(15)25)17(22-16)20-10(3)14-11(4)23-24(6)12(14)5/h9-10H,7-8H2,1-6H3,(H,19,25)(H,20,21,22). The van der Waals surface area contributed by atoms with Gasteiger partial charge in [-0.15, -0.1) is 0 Å². The van der Waals surface area contributed by atoms with Crippen LogP contribution in [0.5, 0.6) is 0 Å². The minimum Gasteiger partial charge on any atom is -0.363 e. The summed E-state index contributed by atoms with van der Waals surface area (Å²) in [5.41, 5.74) is 4.70. The van der Waals surface area contributed by atoms with Crippen LogP contribution in [0.3, 0.4) is 0 Å². The van der Waals surface area contributed by atoms with E-state index in [0.29, 0.717) is 18.1 Å². The summed E-state index contributed by atoms with van der Waals surface area (Å²) in [6.07, 6.45) is 0.736. The average molecular weight is 342 g/mol. The molecule has 0 saturated carbocycles. The minimum atomic E-state index is -0.116. The van der Waals surface area contributed by atoms with Gasteiger partial charge in [-0.2, -0.15) is 5.10 Å². The highest BCUT2D eigenvalue weighted by atomic mass is 16.1. The number of nitrogens with zero attached hydrogens (tertiary/aromatic N) is 4. The maximum absolute atomic E-state index is 12.2. The number of hydrogen-bond donors (Lipinski definition) is 2. The van der Waals surface area contributed by atoms with Crippen LogP contribution < -0.4 is 10.6 Å². The minimum absolute atomic E-state index is 0.0395. The second-order valence-corrected chi connectivity index (χ2v) is 6.99. The smallest absolute Gasteiger partial charge is 0.270 e. The molecule has 2 aromatic heterocycles. The first-order chi connectivity index (χ1) is 11.8. The second kappa shape index (κ2) is 6.46. The lowest BCUT2D eigenvalue weighted by atomic mass is 10.0. The monoisotopic (exact) mass is 342 g/mol. The summed E-state index contributed by atoms with van der Waals surface area (Å²) in [7, 11) is 1.95. The Balaban J connectivity index is 2.03. The first-order valence-corrected chi connectivity index (χ1v) is 8.75. The van der Waals surface area contributed by atoms with Crippen LogP contribution in [-0.2, 0) is 13.5 Å². The van der Waals surface area contributed by atoms with E-state index in [1.54, 1.807) is 0 Å². The predicted octanol–water partition coefficient (Wildman–Crippen LogP) is 2.41. The molecule has 0 bridgehead atoms. The van der Waals surface area contributed by atoms with Crippen LogP contribution in [0.4, 0.5) is 5.82 Å². The van der Waals surface area contributed by atoms with Crippen molar-refractivity contribution in [1.82, 2.24) is 25.1 Å². The number of anilines is 1. The van der Waals surface area contributed by atoms with E-state index in [1.807, 2.05) is 32.5 Å². The molecule has 0 aliphatic carbocycles. The van der Waals surface area contributed by atoms with Crippen LogP contribution in [-0.4, -0.2) is 32.2 Å². The van der Waals surface area contributed by atoms with Crippen molar-refractivity contribution in [2.45, 2.75) is 53.0 Å². The van der Waals surface area contributed by atoms with E-state index in [-0.39, 0.29) is 17.9 Å². The number of aryl methyl sites for hydroxylation is 2. The third-order valence-electron chi connectivity index (χ3n) is 4.77. The number of carbonyl (C=O) groups excluding carboxylic acids is 1. The largest absolute Gasteiger partial charge is 0.363 e. The summed E-state index contributed by atoms with van der Waals surface area (Å²) in [5.74, 6) is 1.48. The van der Waals surface area contributed by atoms with Crippen molar-refractivity contribution in [2.24, 2.45) is 7.05 Å². The summed E-state index contributed by atoms with van der Waals surface area (Å²) in [5, 5.41) is 10.9. The summed E-state index contributed by atoms with van der Waals surface area (Å²) >= 11 is 0. The number of amides is 1. The van der Waals surface area contributed by atoms with Gasteiger partial charge < -0.3 is 10.6 Å². The molecule has 0 saturated heterocycles. The topological polar surface area (TPSA) is 84.7 Å². The molecule has 1 unspecified atom stereocenters. The molecule has 0 spiro atoms. The van der Waals surface area contributed by atoms with Crippen molar-refractivity contribution < 1.29 is 4.79 Å². The molecule has 3 rings (SSSR count). The maximum atomic E-state index is 12.2. The summed E-state index contributed by atoms with van der Waals surface area (Å²) in [4.78, 5) is 21.5. The van der Waals surface area contributed by atoms with Gasteiger partial charge in [0.25, 0.3) is 5.91 Å². The van der Waals surface area contributed by atoms with Gasteiger partial charge in [-0.3, -0.25) is 9.48 Å². The first-order valence-electron chi connectivity index (χ1n) is 8.75. The molecule has 7 heteroatoms. The van der Waals surface area contributed by atoms with Crippen molar-refractivity contribution in [1.29, 1.82) is 0 Å². The maximum Gasteiger partial charge on any atom is 0.270 e. The van der Waals surface area contributed by atoms with E-state index in [4.69, 9.17) is 4.98 Å². The Morgan fingerprint density at radius 3 is 2.52 bits per heavy atom. The van der Waals surface area contributed by atoms with Gasteiger partial charge in [0.15, 0.2) is 0 Å². The van der Waals surface area contributed by atoms with Crippen molar-refractivity contribution in [3.63, 3.8) is 0 Å². The van der Waals surface area contributed by atoms with Crippen LogP contribution in [0.2, 0.25) is 0 Å². The highest BCUT2D eigenvalue weighted by Crippen LogP contribution is 2.28. The first kappa shape index (κ1) is 17.4. The molecule has 134 valence electrons. The summed E-state index contributed by atoms with van der Waals surface area (Å²) in [6.45, 7) is 10.9. The molecule has 1 amide bonds. The molecular weight excluding hydrogens is 316 g/mol. The molecule has 3 heterocycles. The molecule has 1 aliphatic heterocycles. The van der Waals surface area contributed by atoms with Crippen molar-refractivity contribution in [3.8, 4) is 0 Å². The number of fused-ring (bicyclic) bond motifs is 1. The fourth-order valence-corrected chi connectivity index (χ4v) is 3.38. The quantitative estimate of drug-likeness (QED) is 0.891. The highest BCUT2D eigenvalue weighted by molar-refractivity contribution is 5.96. The molecule has 1 aliphatic rings. The Morgan fingerprint density at radius 2 is 1.92 bits per heavy atom. The lowest BCUT2D eigenvalue weighted by Gasteiger charge is -2.23. The second-order valence-electron chi connectivity index (χ2n) is 6.99. The Kier molecular flexibility index (Phi) is 4.49. The van der Waals surface area contributed by atoms with Gasteiger partial charge in [-0.05, 0) is 27.2 Å². The van der Waals surface area contributed by atoms with Gasteiger partial charge >= 0.3 is 0 Å². The lowest BCUT2D eigenvalue weighted by Crippen LogP contribution is -2.34. The van der Waals surface area contributed by atoms with E-state index in [2.05, 4.69) is 34.6 Å². The average Bonchev–Trinajstić information content (AvgIpc) is 2.80. The normalized spacial score (nSPS) is 15.1. The number of nitrogens with one attached hydrogen (secondary N) is 2. The zero-order chi connectivity index (χ0) is 18.3. The zero-order valence-electron chi connectivity index (χ0n) is 15.8. The van der Waals surface area contributed by atoms with Gasteiger partial charge in [-0.25, -0.2) is 9.97 Å². The van der Waals surface area contributed by atoms with E-state index in [9.17, 15) is 4.79 Å². The van der Waals surface area contributed by atoms with Crippen molar-refractivity contribution in [2.75, 3.05) is 11.9 Å². The summed E-state index contributed by atoms with van der Waals surface area (Å²) in [6, 6.07) is 0.0395. The van der Waals surface area contributed by atoms with Crippen LogP contribution >= 0.6 is 0 Å². The molecule has 2 N–H and O–H groups in total. The predicted molar refractivity (Wildman–Crippen MR) is 96.9 cm³/mol. The molecule has 1 atom stereocenters. The number of carbonyl (C=O) groups is 1. The van der Waals surface area contributed by atoms with Crippen LogP contribution in [0.25, 0.3) is 0 Å². The van der Waals surface area contributed by atoms with Crippen molar-refractivity contribution >= 4 is 11.7 Å². The van der Waals surface area contributed by atoms with Crippen LogP contribution in [0.1, 0.15) is 71.6 Å². The van der Waals surface area contributed by atoms with E-state index in [0.717, 1.165) is 29.2 Å². The molecule has 0 fully saturated rings. The molecular formula is C18H26N6O. The molecule has 0 aromatic carbocycles. The molecule has 2 aromatic rings. The van der Waals surface area contributed by atoms with Gasteiger partial charge in [0, 0.05) is 36.3 Å². The van der Waals surface area contributed by atoms with Crippen LogP contribution in [0, 0.1) is 13.8 Å². The SMILES string of the molecule is Cc1nn(C)c(C)c1C(C)Nc1nc(C(C)C)nc2c1CCNC2=O. The number of aromatic nitrogens is 4. The highest BCUT2D eigenvalue weighted by Gasteiger charge is 2.26. The number of hydrogen-bond acceptors (Lipinski definition) is 5. The van der Waals surface area contributed by atoms with Gasteiger partial charge in [0.2, 0.25) is 0 Å². The molecule has 25 heavy (non-hydrogen) atoms. The lowest BCUT2D eigenvalue weighted by molar-refractivity contribution is 0.0940. The van der Waals surface area contributed by atoms with E-state index in [1.165, 1.54) is 5.56 Å². The van der Waals surface area contributed by atoms with Gasteiger partial charge in [-0.1, -0.05) is 13.8 Å². The Hall–Kier alpha value is -2.44. The third-order valence-corrected chi connectivity index (χ3v) is 4.77. The molecule has 0 radical (unpaired) electrons. The fraction of sp³-hybridized carbons (Fsp3) is 0.556.